The van der Waals surface area contributed by atoms with Gasteiger partial charge in [-0.25, -0.2) is 9.18 Å². The summed E-state index contributed by atoms with van der Waals surface area (Å²) in [6.45, 7) is -0.548. The Labute approximate surface area is 127 Å². The highest BCUT2D eigenvalue weighted by atomic mass is 19.4. The molecule has 0 fully saturated rings. The summed E-state index contributed by atoms with van der Waals surface area (Å²) < 4.78 is 146. The van der Waals surface area contributed by atoms with Crippen LogP contribution in [0.3, 0.4) is 0 Å². The maximum absolute atomic E-state index is 13.2. The maximum Gasteiger partial charge on any atom is 0.384 e. The van der Waals surface area contributed by atoms with Gasteiger partial charge in [-0.05, 0) is 6.92 Å². The van der Waals surface area contributed by atoms with Gasteiger partial charge in [0.15, 0.2) is 12.8 Å². The summed E-state index contributed by atoms with van der Waals surface area (Å²) in [6, 6.07) is 0. The topological polar surface area (TPSA) is 26.3 Å². The highest BCUT2D eigenvalue weighted by Crippen LogP contribution is 2.57. The van der Waals surface area contributed by atoms with Gasteiger partial charge in [-0.1, -0.05) is 6.58 Å². The molecule has 1 unspecified atom stereocenters. The van der Waals surface area contributed by atoms with Gasteiger partial charge in [0.2, 0.25) is 0 Å². The molecule has 0 heterocycles. The minimum absolute atomic E-state index is 0.153. The SMILES string of the molecule is C=CC(=O)OCC(F)(F)C(F)(F)C(F)(F)C(F)(F)C(F)(F)C(C)F. The van der Waals surface area contributed by atoms with Gasteiger partial charge >= 0.3 is 35.6 Å². The third-order valence-electron chi connectivity index (χ3n) is 2.73. The lowest BCUT2D eigenvalue weighted by molar-refractivity contribution is -0.408. The van der Waals surface area contributed by atoms with Gasteiger partial charge in [-0.15, -0.1) is 0 Å². The van der Waals surface area contributed by atoms with E-state index in [1.165, 1.54) is 0 Å². The normalized spacial score (nSPS) is 15.8. The van der Waals surface area contributed by atoms with Crippen molar-refractivity contribution in [2.75, 3.05) is 6.61 Å². The van der Waals surface area contributed by atoms with Crippen LogP contribution in [-0.4, -0.2) is 48.4 Å². The van der Waals surface area contributed by atoms with Crippen LogP contribution in [-0.2, 0) is 9.53 Å². The monoisotopic (exact) mass is 382 g/mol. The molecule has 0 aliphatic heterocycles. The number of ether oxygens (including phenoxy) is 1. The fourth-order valence-corrected chi connectivity index (χ4v) is 1.20. The molecule has 0 aromatic heterocycles. The Kier molecular flexibility index (Phi) is 5.97. The lowest BCUT2D eigenvalue weighted by Crippen LogP contribution is -2.69. The molecule has 0 bridgehead atoms. The molecule has 1 atom stereocenters. The lowest BCUT2D eigenvalue weighted by Gasteiger charge is -2.39. The molecule has 0 aromatic carbocycles. The number of rotatable bonds is 8. The Morgan fingerprint density at radius 2 is 1.38 bits per heavy atom. The van der Waals surface area contributed by atoms with Crippen LogP contribution in [0.2, 0.25) is 0 Å². The largest absolute Gasteiger partial charge is 0.456 e. The Hall–Kier alpha value is -1.56. The fraction of sp³-hybridized carbons (Fsp3) is 0.727. The summed E-state index contributed by atoms with van der Waals surface area (Å²) >= 11 is 0. The summed E-state index contributed by atoms with van der Waals surface area (Å²) in [5.74, 6) is -36.1. The van der Waals surface area contributed by atoms with Gasteiger partial charge < -0.3 is 4.74 Å². The molecular weight excluding hydrogens is 373 g/mol. The summed E-state index contributed by atoms with van der Waals surface area (Å²) in [5, 5.41) is 0. The van der Waals surface area contributed by atoms with E-state index in [2.05, 4.69) is 11.3 Å². The van der Waals surface area contributed by atoms with Crippen LogP contribution >= 0.6 is 0 Å². The van der Waals surface area contributed by atoms with Gasteiger partial charge in [-0.3, -0.25) is 0 Å². The Balaban J connectivity index is 5.88. The molecule has 13 heteroatoms. The molecule has 2 nitrogen and oxygen atoms in total. The molecule has 24 heavy (non-hydrogen) atoms. The predicted octanol–water partition coefficient (Wildman–Crippen LogP) is 4.25. The van der Waals surface area contributed by atoms with Crippen molar-refractivity contribution in [1.29, 1.82) is 0 Å². The molecule has 0 aromatic rings. The third-order valence-corrected chi connectivity index (χ3v) is 2.73. The van der Waals surface area contributed by atoms with Crippen molar-refractivity contribution in [3.8, 4) is 0 Å². The molecule has 0 spiro atoms. The summed E-state index contributed by atoms with van der Waals surface area (Å²) in [7, 11) is 0. The second kappa shape index (κ2) is 6.39. The second-order valence-electron chi connectivity index (χ2n) is 4.48. The first kappa shape index (κ1) is 22.4. The van der Waals surface area contributed by atoms with Gasteiger partial charge in [0.1, 0.15) is 0 Å². The summed E-state index contributed by atoms with van der Waals surface area (Å²) in [6.07, 6.45) is -3.92. The van der Waals surface area contributed by atoms with Gasteiger partial charge in [0.05, 0.1) is 0 Å². The number of alkyl halides is 11. The van der Waals surface area contributed by atoms with Crippen LogP contribution in [0, 0.1) is 0 Å². The van der Waals surface area contributed by atoms with Crippen molar-refractivity contribution >= 4 is 5.97 Å². The Morgan fingerprint density at radius 1 is 0.958 bits per heavy atom. The zero-order chi connectivity index (χ0) is 19.8. The van der Waals surface area contributed by atoms with Crippen molar-refractivity contribution in [3.05, 3.63) is 12.7 Å². The minimum Gasteiger partial charge on any atom is -0.456 e. The number of esters is 1. The van der Waals surface area contributed by atoms with Gasteiger partial charge in [0.25, 0.3) is 0 Å². The van der Waals surface area contributed by atoms with Crippen LogP contribution in [0.5, 0.6) is 0 Å². The van der Waals surface area contributed by atoms with E-state index in [-0.39, 0.29) is 13.0 Å². The van der Waals surface area contributed by atoms with E-state index >= 15 is 0 Å². The molecule has 0 amide bonds. The highest BCUT2D eigenvalue weighted by molar-refractivity contribution is 5.81. The van der Waals surface area contributed by atoms with Crippen LogP contribution in [0.15, 0.2) is 12.7 Å². The fourth-order valence-electron chi connectivity index (χ4n) is 1.20. The Morgan fingerprint density at radius 3 is 1.71 bits per heavy atom. The lowest BCUT2D eigenvalue weighted by atomic mass is 9.93. The van der Waals surface area contributed by atoms with Gasteiger partial charge in [-0.2, -0.15) is 43.9 Å². The quantitative estimate of drug-likeness (QED) is 0.357. The zero-order valence-electron chi connectivity index (χ0n) is 11.5. The summed E-state index contributed by atoms with van der Waals surface area (Å²) in [5.41, 5.74) is 0. The van der Waals surface area contributed by atoms with Crippen molar-refractivity contribution < 1.29 is 57.8 Å². The predicted molar refractivity (Wildman–Crippen MR) is 56.5 cm³/mol. The minimum atomic E-state index is -7.39. The number of carbonyl (C=O) groups excluding carboxylic acids is 1. The smallest absolute Gasteiger partial charge is 0.384 e. The average molecular weight is 382 g/mol. The third kappa shape index (κ3) is 3.29. The number of hydrogen-bond acceptors (Lipinski definition) is 2. The van der Waals surface area contributed by atoms with Crippen molar-refractivity contribution in [3.63, 3.8) is 0 Å². The molecule has 0 radical (unpaired) electrons. The van der Waals surface area contributed by atoms with E-state index < -0.39 is 48.4 Å². The first-order valence-electron chi connectivity index (χ1n) is 5.72. The van der Waals surface area contributed by atoms with Crippen LogP contribution in [0.4, 0.5) is 48.3 Å². The molecule has 0 rings (SSSR count). The molecule has 142 valence electrons. The number of carbonyl (C=O) groups is 1. The van der Waals surface area contributed by atoms with Crippen LogP contribution < -0.4 is 0 Å². The molecule has 0 aliphatic carbocycles. The van der Waals surface area contributed by atoms with E-state index in [1.54, 1.807) is 0 Å². The van der Waals surface area contributed by atoms with E-state index in [1.807, 2.05) is 0 Å². The first-order chi connectivity index (χ1) is 10.4. The zero-order valence-corrected chi connectivity index (χ0v) is 11.5. The number of halogens is 11. The Bertz CT molecular complexity index is 484. The van der Waals surface area contributed by atoms with Gasteiger partial charge in [0, 0.05) is 6.08 Å². The first-order valence-corrected chi connectivity index (χ1v) is 5.72. The van der Waals surface area contributed by atoms with Crippen molar-refractivity contribution in [2.45, 2.75) is 42.7 Å². The van der Waals surface area contributed by atoms with E-state index in [9.17, 15) is 53.1 Å². The molecular formula is C11H9F11O2. The molecule has 0 aliphatic rings. The molecule has 0 saturated carbocycles. The molecule has 0 saturated heterocycles. The van der Waals surface area contributed by atoms with Crippen LogP contribution in [0.25, 0.3) is 0 Å². The van der Waals surface area contributed by atoms with E-state index in [0.717, 1.165) is 0 Å². The van der Waals surface area contributed by atoms with E-state index in [4.69, 9.17) is 0 Å². The second-order valence-corrected chi connectivity index (χ2v) is 4.48. The molecule has 0 N–H and O–H groups in total. The van der Waals surface area contributed by atoms with Crippen molar-refractivity contribution in [1.82, 2.24) is 0 Å². The highest BCUT2D eigenvalue weighted by Gasteiger charge is 2.87. The summed E-state index contributed by atoms with van der Waals surface area (Å²) in [4.78, 5) is 10.5. The number of hydrogen-bond donors (Lipinski definition) is 0. The average Bonchev–Trinajstić information content (AvgIpc) is 2.43. The van der Waals surface area contributed by atoms with Crippen LogP contribution in [0.1, 0.15) is 6.92 Å². The standard InChI is InChI=1S/C11H9F11O2/c1-3-6(23)24-4-7(13,14)9(17,18)11(21,22)10(19,20)8(15,16)5(2)12/h3,5H,1,4H2,2H3. The maximum atomic E-state index is 13.2. The van der Waals surface area contributed by atoms with E-state index in [0.29, 0.717) is 0 Å². The van der Waals surface area contributed by atoms with Crippen molar-refractivity contribution in [2.24, 2.45) is 0 Å².